The van der Waals surface area contributed by atoms with Crippen LogP contribution in [0.2, 0.25) is 5.02 Å². The van der Waals surface area contributed by atoms with Crippen LogP contribution in [0.25, 0.3) is 10.4 Å². The summed E-state index contributed by atoms with van der Waals surface area (Å²) in [5.41, 5.74) is 5.61. The number of aliphatic hydroxyl groups excluding tert-OH is 1. The lowest BCUT2D eigenvalue weighted by Gasteiger charge is -2.35. The van der Waals surface area contributed by atoms with Crippen molar-refractivity contribution in [1.29, 1.82) is 0 Å². The van der Waals surface area contributed by atoms with E-state index in [2.05, 4.69) is 46.0 Å². The van der Waals surface area contributed by atoms with Crippen LogP contribution in [-0.2, 0) is 35.1 Å². The Bertz CT molecular complexity index is 2760. The highest BCUT2D eigenvalue weighted by Gasteiger charge is 2.44. The molecular formula is C58H80ClN11O8S2. The van der Waals surface area contributed by atoms with Gasteiger partial charge in [0, 0.05) is 71.4 Å². The molecule has 3 aromatic heterocycles. The first-order chi connectivity index (χ1) is 38.5. The van der Waals surface area contributed by atoms with Crippen molar-refractivity contribution >= 4 is 80.4 Å². The van der Waals surface area contributed by atoms with Gasteiger partial charge in [-0.05, 0) is 81.2 Å². The number of aryl methyl sites for hydroxylation is 3. The molecule has 3 unspecified atom stereocenters. The van der Waals surface area contributed by atoms with E-state index >= 15 is 0 Å². The molecule has 2 aliphatic rings. The van der Waals surface area contributed by atoms with Gasteiger partial charge in [0.2, 0.25) is 17.7 Å². The Labute approximate surface area is 484 Å². The molecule has 7 rings (SSSR count). The normalized spacial score (nSPS) is 16.2. The zero-order chi connectivity index (χ0) is 57.0. The quantitative estimate of drug-likeness (QED) is 0.0271. The molecule has 0 saturated carbocycles. The minimum Gasteiger partial charge on any atom is -0.391 e. The molecule has 0 bridgehead atoms. The summed E-state index contributed by atoms with van der Waals surface area (Å²) in [6, 6.07) is 13.7. The number of carbonyl (C=O) groups excluding carboxylic acids is 4. The number of unbranched alkanes of at least 4 members (excludes halogenated alkanes) is 5. The second-order valence-electron chi connectivity index (χ2n) is 21.5. The first kappa shape index (κ1) is 62.0. The number of benzene rings is 2. The van der Waals surface area contributed by atoms with Crippen molar-refractivity contribution in [2.45, 2.75) is 124 Å². The van der Waals surface area contributed by atoms with Crippen LogP contribution in [0, 0.1) is 26.2 Å². The summed E-state index contributed by atoms with van der Waals surface area (Å²) in [7, 11) is 0. The molecule has 2 aromatic carbocycles. The van der Waals surface area contributed by atoms with Gasteiger partial charge in [-0.2, -0.15) is 0 Å². The Balaban J connectivity index is 0.665. The minimum absolute atomic E-state index is 0.0252. The van der Waals surface area contributed by atoms with Crippen molar-refractivity contribution in [2.75, 3.05) is 94.4 Å². The van der Waals surface area contributed by atoms with Gasteiger partial charge >= 0.3 is 0 Å². The van der Waals surface area contributed by atoms with Crippen LogP contribution in [0.4, 0.5) is 22.5 Å². The third-order valence-electron chi connectivity index (χ3n) is 14.1. The van der Waals surface area contributed by atoms with Crippen molar-refractivity contribution < 1.29 is 38.5 Å². The number of nitrogens with zero attached hydrogens (tertiary/aromatic N) is 7. The van der Waals surface area contributed by atoms with E-state index in [4.69, 9.17) is 30.8 Å². The Kier molecular flexibility index (Phi) is 24.0. The summed E-state index contributed by atoms with van der Waals surface area (Å²) in [6.07, 6.45) is 7.78. The minimum atomic E-state index is -0.865. The number of aliphatic hydroxyl groups is 1. The van der Waals surface area contributed by atoms with Crippen molar-refractivity contribution in [3.05, 3.63) is 92.8 Å². The van der Waals surface area contributed by atoms with Gasteiger partial charge in [0.05, 0.1) is 65.5 Å². The molecule has 5 aromatic rings. The molecule has 5 heterocycles. The van der Waals surface area contributed by atoms with E-state index in [-0.39, 0.29) is 49.6 Å². The number of likely N-dealkylation sites (tertiary alicyclic amines) is 1. The summed E-state index contributed by atoms with van der Waals surface area (Å²) in [4.78, 5) is 79.4. The largest absolute Gasteiger partial charge is 0.391 e. The van der Waals surface area contributed by atoms with Crippen molar-refractivity contribution in [3.8, 4) is 10.4 Å². The first-order valence-electron chi connectivity index (χ1n) is 27.9. The average molecular weight is 1160 g/mol. The average Bonchev–Trinajstić information content (AvgIpc) is 4.23. The summed E-state index contributed by atoms with van der Waals surface area (Å²) < 4.78 is 17.2. The number of aromatic nitrogens is 4. The molecule has 3 atom stereocenters. The molecule has 0 aliphatic carbocycles. The monoisotopic (exact) mass is 1160 g/mol. The number of para-hydroxylation sites is 1. The lowest BCUT2D eigenvalue weighted by molar-refractivity contribution is -0.144. The first-order valence-corrected chi connectivity index (χ1v) is 30.0. The number of nitrogens with one attached hydrogen (secondary N) is 4. The molecule has 0 spiro atoms. The van der Waals surface area contributed by atoms with Crippen LogP contribution >= 0.6 is 34.3 Å². The molecular weight excluding hydrogens is 1080 g/mol. The Morgan fingerprint density at radius 1 is 0.838 bits per heavy atom. The number of β-amino-alcohol motifs (C(OH)–C–C–N with tert-alkyl or cyclic N) is 1. The second-order valence-corrected chi connectivity index (χ2v) is 23.8. The third kappa shape index (κ3) is 19.0. The third-order valence-corrected chi connectivity index (χ3v) is 16.3. The number of thiazole rings is 2. The Hall–Kier alpha value is -5.65. The number of amides is 4. The van der Waals surface area contributed by atoms with Crippen LogP contribution < -0.4 is 26.2 Å². The molecule has 2 aliphatic heterocycles. The number of anilines is 4. The Morgan fingerprint density at radius 3 is 2.20 bits per heavy atom. The molecule has 2 saturated heterocycles. The van der Waals surface area contributed by atoms with Gasteiger partial charge < -0.3 is 50.4 Å². The van der Waals surface area contributed by atoms with E-state index in [0.29, 0.717) is 71.8 Å². The van der Waals surface area contributed by atoms with Gasteiger partial charge in [-0.3, -0.25) is 24.1 Å². The van der Waals surface area contributed by atoms with E-state index in [9.17, 15) is 24.3 Å². The maximum atomic E-state index is 14.0. The number of piperazine rings is 1. The predicted molar refractivity (Wildman–Crippen MR) is 316 cm³/mol. The predicted octanol–water partition coefficient (Wildman–Crippen LogP) is 8.73. The molecule has 0 radical (unpaired) electrons. The molecule has 5 N–H and O–H groups in total. The number of carbonyl (C=O) groups is 4. The van der Waals surface area contributed by atoms with Crippen LogP contribution in [0.1, 0.15) is 111 Å². The number of hydrogen-bond acceptors (Lipinski definition) is 17. The number of rotatable bonds is 30. The summed E-state index contributed by atoms with van der Waals surface area (Å²) >= 11 is 9.14. The molecule has 2 fully saturated rings. The fourth-order valence-corrected chi connectivity index (χ4v) is 11.4. The van der Waals surface area contributed by atoms with Crippen molar-refractivity contribution in [3.63, 3.8) is 0 Å². The van der Waals surface area contributed by atoms with Gasteiger partial charge in [0.1, 0.15) is 34.4 Å². The van der Waals surface area contributed by atoms with E-state index in [0.717, 1.165) is 111 Å². The number of halogens is 1. The van der Waals surface area contributed by atoms with E-state index < -0.39 is 23.6 Å². The molecule has 19 nitrogen and oxygen atoms in total. The topological polar surface area (TPSA) is 226 Å². The maximum Gasteiger partial charge on any atom is 0.267 e. The lowest BCUT2D eigenvalue weighted by atomic mass is 9.85. The van der Waals surface area contributed by atoms with Gasteiger partial charge in [-0.25, -0.2) is 19.9 Å². The highest BCUT2D eigenvalue weighted by Crippen LogP contribution is 2.31. The lowest BCUT2D eigenvalue weighted by Crippen LogP contribution is -2.57. The highest BCUT2D eigenvalue weighted by atomic mass is 35.5. The van der Waals surface area contributed by atoms with Crippen LogP contribution in [-0.4, -0.2) is 156 Å². The van der Waals surface area contributed by atoms with Crippen LogP contribution in [0.3, 0.4) is 0 Å². The van der Waals surface area contributed by atoms with Gasteiger partial charge in [0.25, 0.3) is 5.91 Å². The molecule has 4 amide bonds. The molecule has 434 valence electrons. The van der Waals surface area contributed by atoms with Crippen molar-refractivity contribution in [1.82, 2.24) is 40.4 Å². The van der Waals surface area contributed by atoms with Crippen LogP contribution in [0.15, 0.2) is 60.2 Å². The molecule has 80 heavy (non-hydrogen) atoms. The van der Waals surface area contributed by atoms with E-state index in [1.807, 2.05) is 89.5 Å². The van der Waals surface area contributed by atoms with Crippen molar-refractivity contribution in [2.24, 2.45) is 5.41 Å². The fraction of sp³-hybridized carbons (Fsp3) is 0.552. The van der Waals surface area contributed by atoms with E-state index in [1.54, 1.807) is 23.6 Å². The zero-order valence-electron chi connectivity index (χ0n) is 47.2. The summed E-state index contributed by atoms with van der Waals surface area (Å²) in [5.74, 6) is 0.944. The zero-order valence-corrected chi connectivity index (χ0v) is 49.6. The number of ether oxygens (including phenoxy) is 3. The highest BCUT2D eigenvalue weighted by molar-refractivity contribution is 7.17. The summed E-state index contributed by atoms with van der Waals surface area (Å²) in [5, 5.41) is 23.7. The maximum absolute atomic E-state index is 14.0. The number of hydrogen-bond donors (Lipinski definition) is 5. The van der Waals surface area contributed by atoms with Gasteiger partial charge in [-0.1, -0.05) is 99.4 Å². The Morgan fingerprint density at radius 2 is 1.52 bits per heavy atom. The van der Waals surface area contributed by atoms with E-state index in [1.165, 1.54) is 16.2 Å². The standard InChI is InChI=1S/C58H80ClN11O8S2/c1-39-15-14-16-45(59)51(39)67-55(74)47-36-61-57(80-47)65-48-34-49(64-41(3)63-48)69-25-23-68(24-26-69)22-11-7-8-12-27-76-29-31-78-32-30-77-28-13-9-10-17-50(72)66-53(58(4,5)6)56(75)70-37-44(71)33-46(70)54(73)60-35-42-18-20-43(21-19-42)52-40(2)62-38-79-52/h14-16,18-21,34,36,38,44,46,53,71H,7-13,17,22-33,35,37H2,1-6H3,(H,60,73)(H,66,72)(H,67,74)(H,61,63,64,65). The molecule has 22 heteroatoms. The smallest absolute Gasteiger partial charge is 0.267 e. The van der Waals surface area contributed by atoms with Crippen LogP contribution in [0.5, 0.6) is 0 Å². The van der Waals surface area contributed by atoms with Gasteiger partial charge in [-0.15, -0.1) is 11.3 Å². The SMILES string of the molecule is Cc1nc(Nc2ncc(C(=O)Nc3c(C)cccc3Cl)s2)cc(N2CCN(CCCCCCOCCOCCOCCCCCC(=O)NC(C(=O)N3CC(O)CC3C(=O)NCc3ccc(-c4scnc4C)cc3)C(C)(C)C)CC2)n1. The van der Waals surface area contributed by atoms with Gasteiger partial charge in [0.15, 0.2) is 5.13 Å². The fourth-order valence-electron chi connectivity index (χ4n) is 9.61. The second kappa shape index (κ2) is 31.0. The summed E-state index contributed by atoms with van der Waals surface area (Å²) in [6.45, 7) is 19.8.